The highest BCUT2D eigenvalue weighted by atomic mass is 32.2. The quantitative estimate of drug-likeness (QED) is 0.820. The molecule has 134 valence electrons. The van der Waals surface area contributed by atoms with Crippen LogP contribution in [0.25, 0.3) is 0 Å². The number of benzene rings is 1. The Kier molecular flexibility index (Phi) is 6.80. The summed E-state index contributed by atoms with van der Waals surface area (Å²) in [6.45, 7) is 2.06. The van der Waals surface area contributed by atoms with Crippen molar-refractivity contribution in [3.8, 4) is 0 Å². The zero-order valence-corrected chi connectivity index (χ0v) is 15.4. The van der Waals surface area contributed by atoms with Crippen molar-refractivity contribution < 1.29 is 13.2 Å². The molecule has 0 heterocycles. The Labute approximate surface area is 145 Å². The lowest BCUT2D eigenvalue weighted by atomic mass is 9.95. The highest BCUT2D eigenvalue weighted by molar-refractivity contribution is 7.88. The molecule has 1 aliphatic carbocycles. The maximum Gasteiger partial charge on any atom is 0.221 e. The SMILES string of the molecule is CC(c1ccccc1)N(CCC(=O)NC1CCCCC1)S(C)(=O)=O. The first-order valence-corrected chi connectivity index (χ1v) is 10.5. The molecule has 1 atom stereocenters. The van der Waals surface area contributed by atoms with Crippen molar-refractivity contribution in [2.75, 3.05) is 12.8 Å². The van der Waals surface area contributed by atoms with Crippen LogP contribution < -0.4 is 5.32 Å². The number of nitrogens with one attached hydrogen (secondary N) is 1. The molecule has 0 bridgehead atoms. The number of carbonyl (C=O) groups excluding carboxylic acids is 1. The highest BCUT2D eigenvalue weighted by Gasteiger charge is 2.25. The number of nitrogens with zero attached hydrogens (tertiary/aromatic N) is 1. The summed E-state index contributed by atoms with van der Waals surface area (Å²) >= 11 is 0. The Morgan fingerprint density at radius 3 is 2.42 bits per heavy atom. The van der Waals surface area contributed by atoms with Crippen LogP contribution >= 0.6 is 0 Å². The molecule has 1 aliphatic rings. The molecule has 0 spiro atoms. The monoisotopic (exact) mass is 352 g/mol. The number of sulfonamides is 1. The van der Waals surface area contributed by atoms with Gasteiger partial charge >= 0.3 is 0 Å². The minimum absolute atomic E-state index is 0.0594. The predicted molar refractivity (Wildman–Crippen MR) is 96.0 cm³/mol. The number of amides is 1. The minimum Gasteiger partial charge on any atom is -0.353 e. The van der Waals surface area contributed by atoms with Gasteiger partial charge in [0.2, 0.25) is 15.9 Å². The Morgan fingerprint density at radius 2 is 1.83 bits per heavy atom. The van der Waals surface area contributed by atoms with Crippen LogP contribution in [0.3, 0.4) is 0 Å². The van der Waals surface area contributed by atoms with Gasteiger partial charge in [0.1, 0.15) is 0 Å². The molecule has 1 unspecified atom stereocenters. The topological polar surface area (TPSA) is 66.5 Å². The van der Waals surface area contributed by atoms with Crippen molar-refractivity contribution in [3.63, 3.8) is 0 Å². The first-order chi connectivity index (χ1) is 11.4. The summed E-state index contributed by atoms with van der Waals surface area (Å²) in [5.74, 6) is -0.0594. The molecule has 1 aromatic carbocycles. The van der Waals surface area contributed by atoms with E-state index < -0.39 is 10.0 Å². The molecule has 1 aromatic rings. The summed E-state index contributed by atoms with van der Waals surface area (Å²) in [5.41, 5.74) is 0.926. The summed E-state index contributed by atoms with van der Waals surface area (Å²) in [4.78, 5) is 12.2. The van der Waals surface area contributed by atoms with E-state index >= 15 is 0 Å². The minimum atomic E-state index is -3.39. The lowest BCUT2D eigenvalue weighted by Crippen LogP contribution is -2.40. The largest absolute Gasteiger partial charge is 0.353 e. The van der Waals surface area contributed by atoms with Gasteiger partial charge in [-0.3, -0.25) is 4.79 Å². The lowest BCUT2D eigenvalue weighted by Gasteiger charge is -2.28. The van der Waals surface area contributed by atoms with Crippen molar-refractivity contribution in [2.24, 2.45) is 0 Å². The summed E-state index contributed by atoms with van der Waals surface area (Å²) < 4.78 is 25.7. The molecular weight excluding hydrogens is 324 g/mol. The van der Waals surface area contributed by atoms with E-state index in [9.17, 15) is 13.2 Å². The van der Waals surface area contributed by atoms with Gasteiger partial charge in [0, 0.05) is 25.0 Å². The average molecular weight is 353 g/mol. The van der Waals surface area contributed by atoms with E-state index in [0.717, 1.165) is 31.2 Å². The van der Waals surface area contributed by atoms with Crippen molar-refractivity contribution in [1.82, 2.24) is 9.62 Å². The average Bonchev–Trinajstić information content (AvgIpc) is 2.55. The maximum absolute atomic E-state index is 12.2. The summed E-state index contributed by atoms with van der Waals surface area (Å²) in [7, 11) is -3.39. The van der Waals surface area contributed by atoms with Crippen molar-refractivity contribution >= 4 is 15.9 Å². The summed E-state index contributed by atoms with van der Waals surface area (Å²) in [6, 6.07) is 9.46. The van der Waals surface area contributed by atoms with Gasteiger partial charge in [0.15, 0.2) is 0 Å². The van der Waals surface area contributed by atoms with Crippen LogP contribution in [0.2, 0.25) is 0 Å². The van der Waals surface area contributed by atoms with E-state index in [1.165, 1.54) is 17.0 Å². The van der Waals surface area contributed by atoms with Crippen LogP contribution in [0.4, 0.5) is 0 Å². The van der Waals surface area contributed by atoms with Gasteiger partial charge in [-0.25, -0.2) is 8.42 Å². The molecule has 0 aromatic heterocycles. The van der Waals surface area contributed by atoms with Crippen LogP contribution in [0.1, 0.15) is 57.1 Å². The second-order valence-corrected chi connectivity index (χ2v) is 8.55. The first kappa shape index (κ1) is 18.9. The van der Waals surface area contributed by atoms with Gasteiger partial charge in [-0.05, 0) is 25.3 Å². The third-order valence-electron chi connectivity index (χ3n) is 4.67. The number of hydrogen-bond donors (Lipinski definition) is 1. The van der Waals surface area contributed by atoms with E-state index in [4.69, 9.17) is 0 Å². The molecule has 1 N–H and O–H groups in total. The van der Waals surface area contributed by atoms with E-state index in [2.05, 4.69) is 5.32 Å². The number of carbonyl (C=O) groups is 1. The predicted octanol–water partition coefficient (Wildman–Crippen LogP) is 2.85. The number of rotatable bonds is 7. The van der Waals surface area contributed by atoms with E-state index in [1.807, 2.05) is 37.3 Å². The Morgan fingerprint density at radius 1 is 1.21 bits per heavy atom. The van der Waals surface area contributed by atoms with Gasteiger partial charge < -0.3 is 5.32 Å². The Hall–Kier alpha value is -1.40. The van der Waals surface area contributed by atoms with E-state index in [1.54, 1.807) is 0 Å². The van der Waals surface area contributed by atoms with Crippen LogP contribution in [-0.2, 0) is 14.8 Å². The van der Waals surface area contributed by atoms with Gasteiger partial charge in [-0.15, -0.1) is 0 Å². The molecule has 1 fully saturated rings. The molecule has 5 nitrogen and oxygen atoms in total. The van der Waals surface area contributed by atoms with Crippen LogP contribution in [-0.4, -0.2) is 37.5 Å². The molecule has 1 amide bonds. The van der Waals surface area contributed by atoms with Crippen molar-refractivity contribution in [3.05, 3.63) is 35.9 Å². The zero-order chi connectivity index (χ0) is 17.6. The molecule has 0 saturated heterocycles. The molecule has 1 saturated carbocycles. The fourth-order valence-corrected chi connectivity index (χ4v) is 4.42. The first-order valence-electron chi connectivity index (χ1n) is 8.69. The lowest BCUT2D eigenvalue weighted by molar-refractivity contribution is -0.122. The molecule has 2 rings (SSSR count). The Balaban J connectivity index is 1.95. The normalized spacial score (nSPS) is 17.6. The third-order valence-corrected chi connectivity index (χ3v) is 6.02. The van der Waals surface area contributed by atoms with Gasteiger partial charge in [0.25, 0.3) is 0 Å². The molecule has 6 heteroatoms. The van der Waals surface area contributed by atoms with E-state index in [-0.39, 0.29) is 31.0 Å². The molecule has 0 radical (unpaired) electrons. The smallest absolute Gasteiger partial charge is 0.221 e. The van der Waals surface area contributed by atoms with Gasteiger partial charge in [0.05, 0.1) is 6.26 Å². The van der Waals surface area contributed by atoms with Gasteiger partial charge in [-0.2, -0.15) is 4.31 Å². The molecule has 0 aliphatic heterocycles. The van der Waals surface area contributed by atoms with Gasteiger partial charge in [-0.1, -0.05) is 49.6 Å². The maximum atomic E-state index is 12.2. The van der Waals surface area contributed by atoms with Crippen molar-refractivity contribution in [1.29, 1.82) is 0 Å². The standard InChI is InChI=1S/C18H28N2O3S/c1-15(16-9-5-3-6-10-16)20(24(2,22)23)14-13-18(21)19-17-11-7-4-8-12-17/h3,5-6,9-10,15,17H,4,7-8,11-14H2,1-2H3,(H,19,21). The Bertz CT molecular complexity index is 625. The number of hydrogen-bond acceptors (Lipinski definition) is 3. The van der Waals surface area contributed by atoms with Crippen LogP contribution in [0.5, 0.6) is 0 Å². The fourth-order valence-electron chi connectivity index (χ4n) is 3.30. The zero-order valence-electron chi connectivity index (χ0n) is 14.6. The molecule has 24 heavy (non-hydrogen) atoms. The van der Waals surface area contributed by atoms with Crippen LogP contribution in [0.15, 0.2) is 30.3 Å². The van der Waals surface area contributed by atoms with E-state index in [0.29, 0.717) is 0 Å². The fraction of sp³-hybridized carbons (Fsp3) is 0.611. The van der Waals surface area contributed by atoms with Crippen molar-refractivity contribution in [2.45, 2.75) is 57.5 Å². The molecular formula is C18H28N2O3S. The summed E-state index contributed by atoms with van der Waals surface area (Å²) in [5, 5.41) is 3.04. The second-order valence-electron chi connectivity index (χ2n) is 6.61. The summed E-state index contributed by atoms with van der Waals surface area (Å²) in [6.07, 6.45) is 7.01. The van der Waals surface area contributed by atoms with Crippen LogP contribution in [0, 0.1) is 0 Å². The highest BCUT2D eigenvalue weighted by Crippen LogP contribution is 2.23. The second kappa shape index (κ2) is 8.62. The third kappa shape index (κ3) is 5.60.